The number of hydrogen-bond donors (Lipinski definition) is 0. The van der Waals surface area contributed by atoms with Crippen molar-refractivity contribution >= 4 is 51.0 Å². The lowest BCUT2D eigenvalue weighted by atomic mass is 10.1. The lowest BCUT2D eigenvalue weighted by Gasteiger charge is -2.18. The lowest BCUT2D eigenvalue weighted by molar-refractivity contribution is -0.139. The molecule has 0 aromatic heterocycles. The van der Waals surface area contributed by atoms with Gasteiger partial charge in [-0.3, -0.25) is 19.2 Å². The molecule has 8 nitrogen and oxygen atoms in total. The highest BCUT2D eigenvalue weighted by Crippen LogP contribution is 2.34. The van der Waals surface area contributed by atoms with Crippen LogP contribution in [-0.2, 0) is 9.59 Å². The first kappa shape index (κ1) is 23.7. The highest BCUT2D eigenvalue weighted by atomic mass is 79.9. The van der Waals surface area contributed by atoms with Crippen LogP contribution in [-0.4, -0.2) is 37.3 Å². The minimum Gasteiger partial charge on any atom is -0.497 e. The SMILES string of the molecule is COc1cccc(N2C[C@@H](C(=O)Oc3ccc(N4C(=O)c5ccc(Br)cc5C4=O)c(C)c3)CC2=O)c1. The van der Waals surface area contributed by atoms with E-state index in [1.807, 2.05) is 0 Å². The number of esters is 1. The number of nitrogens with zero attached hydrogens (tertiary/aromatic N) is 2. The number of ether oxygens (including phenoxy) is 2. The fourth-order valence-electron chi connectivity index (χ4n) is 4.47. The fourth-order valence-corrected chi connectivity index (χ4v) is 4.83. The molecule has 1 atom stereocenters. The van der Waals surface area contributed by atoms with Gasteiger partial charge in [-0.05, 0) is 61.0 Å². The molecule has 182 valence electrons. The van der Waals surface area contributed by atoms with Gasteiger partial charge in [0, 0.05) is 29.2 Å². The second-order valence-electron chi connectivity index (χ2n) is 8.61. The Bertz CT molecular complexity index is 1440. The number of imide groups is 1. The van der Waals surface area contributed by atoms with E-state index in [-0.39, 0.29) is 24.6 Å². The van der Waals surface area contributed by atoms with E-state index >= 15 is 0 Å². The van der Waals surface area contributed by atoms with Gasteiger partial charge in [-0.2, -0.15) is 0 Å². The highest BCUT2D eigenvalue weighted by molar-refractivity contribution is 9.10. The summed E-state index contributed by atoms with van der Waals surface area (Å²) < 4.78 is 11.5. The van der Waals surface area contributed by atoms with Crippen LogP contribution in [0.2, 0.25) is 0 Å². The molecule has 36 heavy (non-hydrogen) atoms. The zero-order valence-corrected chi connectivity index (χ0v) is 21.1. The molecule has 3 aromatic rings. The van der Waals surface area contributed by atoms with Gasteiger partial charge in [0.25, 0.3) is 11.8 Å². The minimum absolute atomic E-state index is 0.0394. The van der Waals surface area contributed by atoms with E-state index < -0.39 is 23.7 Å². The van der Waals surface area contributed by atoms with Crippen molar-refractivity contribution in [2.45, 2.75) is 13.3 Å². The van der Waals surface area contributed by atoms with Gasteiger partial charge in [0.1, 0.15) is 11.5 Å². The minimum atomic E-state index is -0.627. The normalized spacial score (nSPS) is 17.0. The van der Waals surface area contributed by atoms with E-state index in [2.05, 4.69) is 15.9 Å². The standard InChI is InChI=1S/C27H21BrN2O6/c1-15-10-20(7-9-23(15)30-25(32)21-8-6-17(28)12-22(21)26(30)33)36-27(34)16-11-24(31)29(14-16)18-4-3-5-19(13-18)35-2/h3-10,12-13,16H,11,14H2,1-2H3/t16-/m0/s1. The van der Waals surface area contributed by atoms with Crippen molar-refractivity contribution in [3.63, 3.8) is 0 Å². The van der Waals surface area contributed by atoms with E-state index in [1.54, 1.807) is 73.5 Å². The fraction of sp³-hybridized carbons (Fsp3) is 0.185. The van der Waals surface area contributed by atoms with Crippen LogP contribution in [0.15, 0.2) is 65.1 Å². The Morgan fingerprint density at radius 1 is 0.944 bits per heavy atom. The molecule has 2 aliphatic heterocycles. The number of carbonyl (C=O) groups excluding carboxylic acids is 4. The number of rotatable bonds is 5. The average Bonchev–Trinajstić information content (AvgIpc) is 3.37. The summed E-state index contributed by atoms with van der Waals surface area (Å²) in [5, 5.41) is 0. The average molecular weight is 549 g/mol. The zero-order chi connectivity index (χ0) is 25.6. The quantitative estimate of drug-likeness (QED) is 0.264. The summed E-state index contributed by atoms with van der Waals surface area (Å²) in [6.45, 7) is 1.93. The van der Waals surface area contributed by atoms with E-state index in [0.717, 1.165) is 4.90 Å². The van der Waals surface area contributed by atoms with Crippen molar-refractivity contribution in [3.05, 3.63) is 81.8 Å². The maximum absolute atomic E-state index is 12.9. The molecule has 0 radical (unpaired) electrons. The maximum atomic E-state index is 12.9. The molecule has 0 bridgehead atoms. The number of hydrogen-bond acceptors (Lipinski definition) is 6. The van der Waals surface area contributed by atoms with Crippen molar-refractivity contribution in [1.82, 2.24) is 0 Å². The summed E-state index contributed by atoms with van der Waals surface area (Å²) in [5.41, 5.74) is 2.33. The van der Waals surface area contributed by atoms with Crippen LogP contribution < -0.4 is 19.3 Å². The topological polar surface area (TPSA) is 93.2 Å². The molecule has 3 amide bonds. The number of fused-ring (bicyclic) bond motifs is 1. The van der Waals surface area contributed by atoms with Crippen molar-refractivity contribution < 1.29 is 28.7 Å². The second kappa shape index (κ2) is 9.23. The molecular weight excluding hydrogens is 528 g/mol. The van der Waals surface area contributed by atoms with Crippen LogP contribution in [0.1, 0.15) is 32.7 Å². The Balaban J connectivity index is 1.30. The van der Waals surface area contributed by atoms with Crippen LogP contribution in [0.4, 0.5) is 11.4 Å². The summed E-state index contributed by atoms with van der Waals surface area (Å²) in [6, 6.07) is 16.8. The molecule has 1 fully saturated rings. The van der Waals surface area contributed by atoms with Crippen molar-refractivity contribution in [1.29, 1.82) is 0 Å². The molecular formula is C27H21BrN2O6. The number of anilines is 2. The number of benzene rings is 3. The number of methoxy groups -OCH3 is 1. The Labute approximate surface area is 215 Å². The summed E-state index contributed by atoms with van der Waals surface area (Å²) in [4.78, 5) is 53.9. The Kier molecular flexibility index (Phi) is 6.09. The van der Waals surface area contributed by atoms with Gasteiger partial charge in [0.2, 0.25) is 5.91 Å². The molecule has 0 unspecified atom stereocenters. The molecule has 0 aliphatic carbocycles. The number of halogens is 1. The van der Waals surface area contributed by atoms with Gasteiger partial charge in [0.15, 0.2) is 0 Å². The van der Waals surface area contributed by atoms with E-state index in [0.29, 0.717) is 38.3 Å². The number of aryl methyl sites for hydroxylation is 1. The van der Waals surface area contributed by atoms with Gasteiger partial charge >= 0.3 is 5.97 Å². The molecule has 0 N–H and O–H groups in total. The van der Waals surface area contributed by atoms with Crippen LogP contribution in [0, 0.1) is 12.8 Å². The third kappa shape index (κ3) is 4.15. The largest absolute Gasteiger partial charge is 0.497 e. The first-order valence-electron chi connectivity index (χ1n) is 11.2. The Hall–Kier alpha value is -3.98. The van der Waals surface area contributed by atoms with Gasteiger partial charge in [-0.1, -0.05) is 22.0 Å². The number of carbonyl (C=O) groups is 4. The van der Waals surface area contributed by atoms with Crippen molar-refractivity contribution in [2.75, 3.05) is 23.5 Å². The van der Waals surface area contributed by atoms with Crippen LogP contribution in [0.25, 0.3) is 0 Å². The second-order valence-corrected chi connectivity index (χ2v) is 9.53. The van der Waals surface area contributed by atoms with Gasteiger partial charge in [0.05, 0.1) is 29.8 Å². The Morgan fingerprint density at radius 2 is 1.72 bits per heavy atom. The predicted octanol–water partition coefficient (Wildman–Crippen LogP) is 4.53. The zero-order valence-electron chi connectivity index (χ0n) is 19.5. The molecule has 5 rings (SSSR count). The molecule has 2 aliphatic rings. The molecule has 0 saturated carbocycles. The predicted molar refractivity (Wildman–Crippen MR) is 136 cm³/mol. The lowest BCUT2D eigenvalue weighted by Crippen LogP contribution is -2.30. The summed E-state index contributed by atoms with van der Waals surface area (Å²) in [6.07, 6.45) is 0.0394. The molecule has 9 heteroatoms. The number of amides is 3. The Morgan fingerprint density at radius 3 is 2.47 bits per heavy atom. The van der Waals surface area contributed by atoms with E-state index in [9.17, 15) is 19.2 Å². The summed E-state index contributed by atoms with van der Waals surface area (Å²) in [7, 11) is 1.55. The summed E-state index contributed by atoms with van der Waals surface area (Å²) in [5.74, 6) is -1.25. The third-order valence-corrected chi connectivity index (χ3v) is 6.79. The molecule has 2 heterocycles. The first-order chi connectivity index (χ1) is 17.3. The monoisotopic (exact) mass is 548 g/mol. The van der Waals surface area contributed by atoms with Crippen LogP contribution >= 0.6 is 15.9 Å². The van der Waals surface area contributed by atoms with Crippen molar-refractivity contribution in [3.8, 4) is 11.5 Å². The highest BCUT2D eigenvalue weighted by Gasteiger charge is 2.38. The molecule has 1 saturated heterocycles. The van der Waals surface area contributed by atoms with Gasteiger partial charge < -0.3 is 14.4 Å². The molecule has 3 aromatic carbocycles. The van der Waals surface area contributed by atoms with E-state index in [1.165, 1.54) is 6.07 Å². The smallest absolute Gasteiger partial charge is 0.316 e. The third-order valence-electron chi connectivity index (χ3n) is 6.30. The van der Waals surface area contributed by atoms with Gasteiger partial charge in [-0.15, -0.1) is 0 Å². The van der Waals surface area contributed by atoms with Gasteiger partial charge in [-0.25, -0.2) is 4.90 Å². The summed E-state index contributed by atoms with van der Waals surface area (Å²) >= 11 is 3.33. The van der Waals surface area contributed by atoms with Crippen molar-refractivity contribution in [2.24, 2.45) is 5.92 Å². The maximum Gasteiger partial charge on any atom is 0.316 e. The van der Waals surface area contributed by atoms with Crippen LogP contribution in [0.5, 0.6) is 11.5 Å². The first-order valence-corrected chi connectivity index (χ1v) is 12.0. The van der Waals surface area contributed by atoms with E-state index in [4.69, 9.17) is 9.47 Å². The molecule has 0 spiro atoms. The van der Waals surface area contributed by atoms with Crippen LogP contribution in [0.3, 0.4) is 0 Å².